The van der Waals surface area contributed by atoms with E-state index >= 15 is 0 Å². The van der Waals surface area contributed by atoms with Crippen molar-refractivity contribution in [2.45, 2.75) is 0 Å². The Kier molecular flexibility index (Phi) is 3.71. The predicted octanol–water partition coefficient (Wildman–Crippen LogP) is 0.702. The zero-order valence-corrected chi connectivity index (χ0v) is 6.60. The van der Waals surface area contributed by atoms with Crippen LogP contribution in [0.3, 0.4) is 0 Å². The van der Waals surface area contributed by atoms with Crippen LogP contribution in [0.5, 0.6) is 0 Å². The quantitative estimate of drug-likeness (QED) is 0.652. The summed E-state index contributed by atoms with van der Waals surface area (Å²) in [6, 6.07) is 5.48. The summed E-state index contributed by atoms with van der Waals surface area (Å²) in [4.78, 5) is 20.9. The third-order valence-electron chi connectivity index (χ3n) is 1.39. The van der Waals surface area contributed by atoms with Gasteiger partial charge in [-0.2, -0.15) is 0 Å². The summed E-state index contributed by atoms with van der Waals surface area (Å²) in [7, 11) is 0. The van der Waals surface area contributed by atoms with E-state index in [0.717, 1.165) is 0 Å². The number of rotatable bonds is 2. The first-order chi connectivity index (χ1) is 5.63. The van der Waals surface area contributed by atoms with Crippen LogP contribution in [0, 0.1) is 0 Å². The summed E-state index contributed by atoms with van der Waals surface area (Å²) in [6.07, 6.45) is 0. The van der Waals surface area contributed by atoms with Gasteiger partial charge >= 0.3 is 11.9 Å². The van der Waals surface area contributed by atoms with E-state index in [-0.39, 0.29) is 19.5 Å². The maximum absolute atomic E-state index is 10.5. The minimum atomic E-state index is -1.23. The first-order valence-corrected chi connectivity index (χ1v) is 3.18. The van der Waals surface area contributed by atoms with Crippen LogP contribution in [0.15, 0.2) is 24.3 Å². The van der Waals surface area contributed by atoms with Crippen molar-refractivity contribution < 1.29 is 19.8 Å². The average Bonchev–Trinajstić information content (AvgIpc) is 2.04. The topological polar surface area (TPSA) is 74.6 Å². The van der Waals surface area contributed by atoms with Crippen molar-refractivity contribution in [2.75, 3.05) is 0 Å². The van der Waals surface area contributed by atoms with Crippen molar-refractivity contribution in [3.63, 3.8) is 0 Å². The SMILES string of the molecule is O=C(O)c1ccccc1C(=O)O.[B]. The van der Waals surface area contributed by atoms with E-state index in [2.05, 4.69) is 0 Å². The van der Waals surface area contributed by atoms with Crippen LogP contribution in [-0.4, -0.2) is 30.6 Å². The van der Waals surface area contributed by atoms with Gasteiger partial charge in [-0.3, -0.25) is 0 Å². The molecule has 0 amide bonds. The van der Waals surface area contributed by atoms with E-state index in [1.165, 1.54) is 24.3 Å². The Bertz CT molecular complexity index is 302. The predicted molar refractivity (Wildman–Crippen MR) is 46.1 cm³/mol. The van der Waals surface area contributed by atoms with Crippen LogP contribution < -0.4 is 0 Å². The molecule has 4 nitrogen and oxygen atoms in total. The number of carboxylic acid groups (broad SMARTS) is 2. The number of aromatic carboxylic acids is 2. The molecule has 0 saturated carbocycles. The van der Waals surface area contributed by atoms with Gasteiger partial charge in [-0.25, -0.2) is 9.59 Å². The fourth-order valence-electron chi connectivity index (χ4n) is 0.856. The molecule has 0 bridgehead atoms. The molecular weight excluding hydrogens is 171 g/mol. The molecule has 1 aromatic carbocycles. The molecule has 1 aromatic rings. The van der Waals surface area contributed by atoms with Gasteiger partial charge in [0.15, 0.2) is 0 Å². The summed E-state index contributed by atoms with van der Waals surface area (Å²) < 4.78 is 0. The Labute approximate surface area is 76.4 Å². The van der Waals surface area contributed by atoms with Crippen molar-refractivity contribution in [1.82, 2.24) is 0 Å². The van der Waals surface area contributed by atoms with Gasteiger partial charge in [-0.15, -0.1) is 0 Å². The van der Waals surface area contributed by atoms with Crippen LogP contribution in [-0.2, 0) is 0 Å². The second-order valence-corrected chi connectivity index (χ2v) is 2.16. The van der Waals surface area contributed by atoms with Gasteiger partial charge in [0.1, 0.15) is 0 Å². The largest absolute Gasteiger partial charge is 0.478 e. The molecule has 0 aliphatic rings. The molecule has 0 unspecified atom stereocenters. The minimum absolute atomic E-state index is 0. The molecular formula is C8H6BO4. The summed E-state index contributed by atoms with van der Waals surface area (Å²) in [5.41, 5.74) is -0.380. The maximum Gasteiger partial charge on any atom is 0.336 e. The van der Waals surface area contributed by atoms with E-state index < -0.39 is 11.9 Å². The van der Waals surface area contributed by atoms with Crippen molar-refractivity contribution in [1.29, 1.82) is 0 Å². The summed E-state index contributed by atoms with van der Waals surface area (Å²) in [5.74, 6) is -2.46. The van der Waals surface area contributed by atoms with Crippen molar-refractivity contribution in [3.05, 3.63) is 35.4 Å². The molecule has 0 aliphatic carbocycles. The Morgan fingerprint density at radius 1 is 0.923 bits per heavy atom. The van der Waals surface area contributed by atoms with Gasteiger partial charge in [-0.05, 0) is 12.1 Å². The molecule has 0 atom stereocenters. The molecule has 5 heteroatoms. The molecule has 0 fully saturated rings. The van der Waals surface area contributed by atoms with E-state index in [1.807, 2.05) is 0 Å². The standard InChI is InChI=1S/C8H6O4.B/c9-7(10)5-3-1-2-4-6(5)8(11)12;/h1-4H,(H,9,10)(H,11,12);. The maximum atomic E-state index is 10.5. The molecule has 1 rings (SSSR count). The lowest BCUT2D eigenvalue weighted by Gasteiger charge is -1.98. The third kappa shape index (κ3) is 2.33. The second kappa shape index (κ2) is 4.30. The molecule has 13 heavy (non-hydrogen) atoms. The highest BCUT2D eigenvalue weighted by Gasteiger charge is 2.13. The van der Waals surface area contributed by atoms with Crippen LogP contribution in [0.2, 0.25) is 0 Å². The molecule has 65 valence electrons. The molecule has 0 aromatic heterocycles. The smallest absolute Gasteiger partial charge is 0.336 e. The third-order valence-corrected chi connectivity index (χ3v) is 1.39. The van der Waals surface area contributed by atoms with Crippen LogP contribution in [0.1, 0.15) is 20.7 Å². The molecule has 0 heterocycles. The number of benzene rings is 1. The monoisotopic (exact) mass is 177 g/mol. The molecule has 0 saturated heterocycles. The number of hydrogen-bond acceptors (Lipinski definition) is 2. The van der Waals surface area contributed by atoms with Gasteiger partial charge < -0.3 is 10.2 Å². The highest BCUT2D eigenvalue weighted by molar-refractivity contribution is 6.01. The lowest BCUT2D eigenvalue weighted by Crippen LogP contribution is -2.06. The number of carboxylic acids is 2. The van der Waals surface area contributed by atoms with Gasteiger partial charge in [0.05, 0.1) is 11.1 Å². The summed E-state index contributed by atoms with van der Waals surface area (Å²) in [6.45, 7) is 0. The highest BCUT2D eigenvalue weighted by atomic mass is 16.4. The van der Waals surface area contributed by atoms with Crippen LogP contribution in [0.25, 0.3) is 0 Å². The lowest BCUT2D eigenvalue weighted by atomic mass is 10.1. The first-order valence-electron chi connectivity index (χ1n) is 3.18. The summed E-state index contributed by atoms with van der Waals surface area (Å²) >= 11 is 0. The average molecular weight is 177 g/mol. The zero-order valence-electron chi connectivity index (χ0n) is 6.60. The minimum Gasteiger partial charge on any atom is -0.478 e. The Morgan fingerprint density at radius 3 is 1.46 bits per heavy atom. The first kappa shape index (κ1) is 11.2. The number of carbonyl (C=O) groups is 2. The molecule has 0 aliphatic heterocycles. The van der Waals surface area contributed by atoms with Crippen molar-refractivity contribution in [3.8, 4) is 0 Å². The van der Waals surface area contributed by atoms with E-state index in [9.17, 15) is 9.59 Å². The van der Waals surface area contributed by atoms with Gasteiger partial charge in [0, 0.05) is 8.41 Å². The van der Waals surface area contributed by atoms with Crippen LogP contribution in [0.4, 0.5) is 0 Å². The van der Waals surface area contributed by atoms with Crippen molar-refractivity contribution >= 4 is 20.4 Å². The van der Waals surface area contributed by atoms with Gasteiger partial charge in [0.2, 0.25) is 0 Å². The second-order valence-electron chi connectivity index (χ2n) is 2.16. The van der Waals surface area contributed by atoms with E-state index in [0.29, 0.717) is 0 Å². The zero-order chi connectivity index (χ0) is 9.14. The summed E-state index contributed by atoms with van der Waals surface area (Å²) in [5, 5.41) is 17.1. The fraction of sp³-hybridized carbons (Fsp3) is 0. The Morgan fingerprint density at radius 2 is 1.23 bits per heavy atom. The van der Waals surface area contributed by atoms with Gasteiger partial charge in [0.25, 0.3) is 0 Å². The number of hydrogen-bond donors (Lipinski definition) is 2. The molecule has 3 radical (unpaired) electrons. The van der Waals surface area contributed by atoms with Crippen LogP contribution >= 0.6 is 0 Å². The lowest BCUT2D eigenvalue weighted by molar-refractivity contribution is 0.0651. The van der Waals surface area contributed by atoms with Gasteiger partial charge in [-0.1, -0.05) is 12.1 Å². The Balaban J connectivity index is 0.00000144. The Hall–Kier alpha value is -1.78. The van der Waals surface area contributed by atoms with E-state index in [1.54, 1.807) is 0 Å². The normalized spacial score (nSPS) is 8.62. The molecule has 2 N–H and O–H groups in total. The molecule has 0 spiro atoms. The van der Waals surface area contributed by atoms with Crippen molar-refractivity contribution in [2.24, 2.45) is 0 Å². The fourth-order valence-corrected chi connectivity index (χ4v) is 0.856. The highest BCUT2D eigenvalue weighted by Crippen LogP contribution is 2.07. The van der Waals surface area contributed by atoms with E-state index in [4.69, 9.17) is 10.2 Å².